The van der Waals surface area contributed by atoms with Crippen molar-refractivity contribution in [1.82, 2.24) is 0 Å². The van der Waals surface area contributed by atoms with Crippen molar-refractivity contribution in [3.63, 3.8) is 0 Å². The van der Waals surface area contributed by atoms with Gasteiger partial charge >= 0.3 is 0 Å². The number of hydrogen-bond acceptors (Lipinski definition) is 1. The second-order valence-electron chi connectivity index (χ2n) is 6.75. The Bertz CT molecular complexity index is 910. The van der Waals surface area contributed by atoms with Crippen LogP contribution in [-0.2, 0) is 0 Å². The van der Waals surface area contributed by atoms with Gasteiger partial charge in [0, 0.05) is 11.1 Å². The van der Waals surface area contributed by atoms with Gasteiger partial charge in [0.2, 0.25) is 0 Å². The lowest BCUT2D eigenvalue weighted by Gasteiger charge is -2.07. The first-order chi connectivity index (χ1) is 12.7. The fraction of sp³-hybridized carbons (Fsp3) is 0.280. The van der Waals surface area contributed by atoms with Crippen LogP contribution in [0.25, 0.3) is 10.8 Å². The van der Waals surface area contributed by atoms with Crippen LogP contribution in [0.5, 0.6) is 5.75 Å². The van der Waals surface area contributed by atoms with Gasteiger partial charge in [-0.05, 0) is 60.5 Å². The molecule has 1 heteroatoms. The number of rotatable bonds is 6. The largest absolute Gasteiger partial charge is 0.494 e. The van der Waals surface area contributed by atoms with E-state index in [1.807, 2.05) is 0 Å². The fourth-order valence-corrected chi connectivity index (χ4v) is 2.89. The van der Waals surface area contributed by atoms with Crippen molar-refractivity contribution in [3.8, 4) is 17.6 Å². The molecule has 0 fully saturated rings. The molecule has 3 aromatic carbocycles. The molecule has 0 aliphatic heterocycles. The maximum absolute atomic E-state index is 5.88. The summed E-state index contributed by atoms with van der Waals surface area (Å²) in [5.41, 5.74) is 3.33. The Morgan fingerprint density at radius 2 is 1.42 bits per heavy atom. The van der Waals surface area contributed by atoms with Gasteiger partial charge in [-0.25, -0.2) is 0 Å². The van der Waals surface area contributed by atoms with E-state index in [2.05, 4.69) is 86.4 Å². The maximum Gasteiger partial charge on any atom is 0.119 e. The summed E-state index contributed by atoms with van der Waals surface area (Å²) in [6.07, 6.45) is 4.91. The van der Waals surface area contributed by atoms with Gasteiger partial charge in [0.15, 0.2) is 0 Å². The molecule has 0 aromatic heterocycles. The van der Waals surface area contributed by atoms with Gasteiger partial charge in [0.1, 0.15) is 5.75 Å². The minimum atomic E-state index is 0.797. The molecule has 0 aliphatic carbocycles. The molecule has 0 radical (unpaired) electrons. The standard InChI is InChI=1S/C25H26O/c1-3-4-5-6-17-26-25-16-15-23-18-22(13-14-24(23)19-25)12-11-21-9-7-20(2)8-10-21/h7-10,13-16,18-19H,3-6,17H2,1-2H3. The van der Waals surface area contributed by atoms with E-state index in [0.717, 1.165) is 29.9 Å². The highest BCUT2D eigenvalue weighted by molar-refractivity contribution is 5.85. The molecular weight excluding hydrogens is 316 g/mol. The first-order valence-corrected chi connectivity index (χ1v) is 9.50. The second-order valence-corrected chi connectivity index (χ2v) is 6.75. The summed E-state index contributed by atoms with van der Waals surface area (Å²) in [7, 11) is 0. The Morgan fingerprint density at radius 3 is 2.23 bits per heavy atom. The van der Waals surface area contributed by atoms with Crippen LogP contribution < -0.4 is 4.74 Å². The van der Waals surface area contributed by atoms with E-state index in [1.54, 1.807) is 0 Å². The highest BCUT2D eigenvalue weighted by Gasteiger charge is 1.99. The van der Waals surface area contributed by atoms with Gasteiger partial charge in [-0.1, -0.05) is 67.9 Å². The predicted molar refractivity (Wildman–Crippen MR) is 111 cm³/mol. The van der Waals surface area contributed by atoms with Crippen molar-refractivity contribution in [1.29, 1.82) is 0 Å². The average Bonchev–Trinajstić information content (AvgIpc) is 2.67. The molecule has 26 heavy (non-hydrogen) atoms. The van der Waals surface area contributed by atoms with Gasteiger partial charge in [0.05, 0.1) is 6.61 Å². The molecule has 0 aliphatic rings. The van der Waals surface area contributed by atoms with Crippen molar-refractivity contribution in [2.45, 2.75) is 39.5 Å². The smallest absolute Gasteiger partial charge is 0.119 e. The summed E-state index contributed by atoms with van der Waals surface area (Å²) in [5.74, 6) is 7.45. The molecule has 0 spiro atoms. The fourth-order valence-electron chi connectivity index (χ4n) is 2.89. The van der Waals surface area contributed by atoms with E-state index in [0.29, 0.717) is 0 Å². The SMILES string of the molecule is CCCCCCOc1ccc2cc(C#Cc3ccc(C)cc3)ccc2c1. The molecule has 1 nitrogen and oxygen atoms in total. The van der Waals surface area contributed by atoms with Crippen LogP contribution in [0, 0.1) is 18.8 Å². The Morgan fingerprint density at radius 1 is 0.731 bits per heavy atom. The van der Waals surface area contributed by atoms with Crippen LogP contribution in [0.2, 0.25) is 0 Å². The summed E-state index contributed by atoms with van der Waals surface area (Å²) in [6, 6.07) is 20.9. The van der Waals surface area contributed by atoms with E-state index in [-0.39, 0.29) is 0 Å². The summed E-state index contributed by atoms with van der Waals surface area (Å²) in [4.78, 5) is 0. The third-order valence-electron chi connectivity index (χ3n) is 4.48. The van der Waals surface area contributed by atoms with Crippen LogP contribution in [0.1, 0.15) is 49.3 Å². The van der Waals surface area contributed by atoms with E-state index < -0.39 is 0 Å². The third kappa shape index (κ3) is 5.14. The van der Waals surface area contributed by atoms with Crippen LogP contribution in [0.3, 0.4) is 0 Å². The van der Waals surface area contributed by atoms with Crippen molar-refractivity contribution >= 4 is 10.8 Å². The van der Waals surface area contributed by atoms with Crippen molar-refractivity contribution in [3.05, 3.63) is 77.4 Å². The Labute approximate surface area is 157 Å². The number of aryl methyl sites for hydroxylation is 1. The van der Waals surface area contributed by atoms with Crippen LogP contribution in [0.15, 0.2) is 60.7 Å². The molecular formula is C25H26O. The van der Waals surface area contributed by atoms with Crippen molar-refractivity contribution in [2.24, 2.45) is 0 Å². The zero-order chi connectivity index (χ0) is 18.2. The van der Waals surface area contributed by atoms with Gasteiger partial charge in [-0.2, -0.15) is 0 Å². The molecule has 3 rings (SSSR count). The van der Waals surface area contributed by atoms with Crippen LogP contribution >= 0.6 is 0 Å². The zero-order valence-electron chi connectivity index (χ0n) is 15.7. The number of fused-ring (bicyclic) bond motifs is 1. The van der Waals surface area contributed by atoms with E-state index >= 15 is 0 Å². The first-order valence-electron chi connectivity index (χ1n) is 9.50. The summed E-state index contributed by atoms with van der Waals surface area (Å²) in [6.45, 7) is 5.11. The topological polar surface area (TPSA) is 9.23 Å². The highest BCUT2D eigenvalue weighted by atomic mass is 16.5. The lowest BCUT2D eigenvalue weighted by molar-refractivity contribution is 0.305. The number of hydrogen-bond donors (Lipinski definition) is 0. The average molecular weight is 342 g/mol. The van der Waals surface area contributed by atoms with Gasteiger partial charge < -0.3 is 4.74 Å². The summed E-state index contributed by atoms with van der Waals surface area (Å²) in [5, 5.41) is 2.39. The molecule has 0 amide bonds. The monoisotopic (exact) mass is 342 g/mol. The maximum atomic E-state index is 5.88. The minimum absolute atomic E-state index is 0.797. The third-order valence-corrected chi connectivity index (χ3v) is 4.48. The lowest BCUT2D eigenvalue weighted by Crippen LogP contribution is -1.97. The molecule has 132 valence electrons. The van der Waals surface area contributed by atoms with Crippen LogP contribution in [-0.4, -0.2) is 6.61 Å². The highest BCUT2D eigenvalue weighted by Crippen LogP contribution is 2.22. The summed E-state index contributed by atoms with van der Waals surface area (Å²) < 4.78 is 5.88. The molecule has 0 bridgehead atoms. The van der Waals surface area contributed by atoms with Crippen molar-refractivity contribution < 1.29 is 4.74 Å². The Balaban J connectivity index is 1.68. The van der Waals surface area contributed by atoms with Gasteiger partial charge in [-0.3, -0.25) is 0 Å². The number of ether oxygens (including phenoxy) is 1. The van der Waals surface area contributed by atoms with Crippen molar-refractivity contribution in [2.75, 3.05) is 6.61 Å². The minimum Gasteiger partial charge on any atom is -0.494 e. The Hall–Kier alpha value is -2.72. The lowest BCUT2D eigenvalue weighted by atomic mass is 10.1. The van der Waals surface area contributed by atoms with E-state index in [1.165, 1.54) is 35.6 Å². The predicted octanol–water partition coefficient (Wildman–Crippen LogP) is 6.51. The quantitative estimate of drug-likeness (QED) is 0.366. The molecule has 0 atom stereocenters. The van der Waals surface area contributed by atoms with E-state index in [9.17, 15) is 0 Å². The van der Waals surface area contributed by atoms with E-state index in [4.69, 9.17) is 4.74 Å². The first kappa shape index (κ1) is 18.1. The molecule has 3 aromatic rings. The molecule has 0 unspecified atom stereocenters. The van der Waals surface area contributed by atoms with Gasteiger partial charge in [-0.15, -0.1) is 0 Å². The van der Waals surface area contributed by atoms with Gasteiger partial charge in [0.25, 0.3) is 0 Å². The molecule has 0 saturated heterocycles. The van der Waals surface area contributed by atoms with Crippen LogP contribution in [0.4, 0.5) is 0 Å². The summed E-state index contributed by atoms with van der Waals surface area (Å²) >= 11 is 0. The Kier molecular flexibility index (Phi) is 6.34. The zero-order valence-corrected chi connectivity index (χ0v) is 15.7. The molecule has 0 N–H and O–H groups in total. The second kappa shape index (κ2) is 9.11. The normalized spacial score (nSPS) is 10.4. The molecule has 0 saturated carbocycles. The number of benzene rings is 3. The molecule has 0 heterocycles. The number of unbranched alkanes of at least 4 members (excludes halogenated alkanes) is 3.